The number of phenols is 1. The van der Waals surface area contributed by atoms with Gasteiger partial charge in [0.05, 0.1) is 24.2 Å². The Balaban J connectivity index is 1.72. The number of methoxy groups -OCH3 is 1. The lowest BCUT2D eigenvalue weighted by Crippen LogP contribution is -2.36. The molecule has 0 unspecified atom stereocenters. The molecule has 3 amide bonds. The number of nitrogens with one attached hydrogen (secondary N) is 1. The first-order valence-electron chi connectivity index (χ1n) is 8.26. The minimum Gasteiger partial charge on any atom is -0.506 e. The molecule has 3 rings (SSSR count). The molecule has 1 aliphatic rings. The number of carbonyl (C=O) groups is 3. The van der Waals surface area contributed by atoms with E-state index < -0.39 is 23.6 Å². The molecule has 0 radical (unpaired) electrons. The van der Waals surface area contributed by atoms with Crippen molar-refractivity contribution >= 4 is 97.4 Å². The van der Waals surface area contributed by atoms with E-state index in [0.29, 0.717) is 29.2 Å². The number of carbonyl (C=O) groups excluding carboxylic acids is 3. The lowest BCUT2D eigenvalue weighted by molar-refractivity contribution is -0.127. The van der Waals surface area contributed by atoms with Crippen molar-refractivity contribution in [3.05, 3.63) is 53.0 Å². The van der Waals surface area contributed by atoms with E-state index >= 15 is 0 Å². The molecule has 1 saturated heterocycles. The number of aromatic hydroxyl groups is 1. The molecular weight excluding hydrogens is 658 g/mol. The number of hydrogen-bond donors (Lipinski definition) is 2. The van der Waals surface area contributed by atoms with Gasteiger partial charge in [0.25, 0.3) is 11.1 Å². The first kappa shape index (κ1) is 23.2. The van der Waals surface area contributed by atoms with Crippen LogP contribution in [0.2, 0.25) is 5.02 Å². The van der Waals surface area contributed by atoms with Crippen LogP contribution in [0, 0.1) is 7.14 Å². The Morgan fingerprint density at radius 1 is 1.27 bits per heavy atom. The Morgan fingerprint density at radius 3 is 2.53 bits per heavy atom. The number of halogens is 3. The molecule has 0 aliphatic carbocycles. The van der Waals surface area contributed by atoms with Crippen LogP contribution < -0.4 is 10.1 Å². The zero-order chi connectivity index (χ0) is 22.0. The third-order valence-electron chi connectivity index (χ3n) is 3.95. The third-order valence-corrected chi connectivity index (χ3v) is 6.80. The number of phenolic OH excluding ortho intramolecular Hbond substituents is 1. The predicted octanol–water partition coefficient (Wildman–Crippen LogP) is 4.94. The first-order valence-corrected chi connectivity index (χ1v) is 11.6. The van der Waals surface area contributed by atoms with E-state index in [0.717, 1.165) is 16.7 Å². The van der Waals surface area contributed by atoms with E-state index in [9.17, 15) is 19.5 Å². The van der Waals surface area contributed by atoms with Crippen molar-refractivity contribution in [3.63, 3.8) is 0 Å². The van der Waals surface area contributed by atoms with Crippen LogP contribution in [0.3, 0.4) is 0 Å². The van der Waals surface area contributed by atoms with Crippen LogP contribution in [0.1, 0.15) is 5.56 Å². The van der Waals surface area contributed by atoms with Crippen LogP contribution >= 0.6 is 68.5 Å². The summed E-state index contributed by atoms with van der Waals surface area (Å²) in [5.74, 6) is -0.458. The van der Waals surface area contributed by atoms with Crippen molar-refractivity contribution in [3.8, 4) is 11.5 Å². The summed E-state index contributed by atoms with van der Waals surface area (Å²) in [6, 6.07) is 8.12. The van der Waals surface area contributed by atoms with Crippen LogP contribution in [0.25, 0.3) is 6.08 Å². The molecule has 0 bridgehead atoms. The number of thioether (sulfide) groups is 1. The lowest BCUT2D eigenvalue weighted by atomic mass is 10.2. The molecule has 0 spiro atoms. The molecule has 0 aromatic heterocycles. The molecule has 1 fully saturated rings. The Kier molecular flexibility index (Phi) is 7.52. The number of hydrogen-bond acceptors (Lipinski definition) is 6. The standard InChI is InChI=1S/C19H13ClI2N2O5S/c1-29-14-3-2-10(7-11(14)20)23-16(25)8-24-18(27)15(30-19(24)28)6-9-4-12(21)17(26)13(22)5-9/h2-7,26H,8H2,1H3,(H,23,25)/b15-6+. The van der Waals surface area contributed by atoms with E-state index in [1.54, 1.807) is 30.3 Å². The summed E-state index contributed by atoms with van der Waals surface area (Å²) >= 11 is 10.8. The van der Waals surface area contributed by atoms with Crippen LogP contribution in [0.5, 0.6) is 11.5 Å². The normalized spacial score (nSPS) is 15.1. The van der Waals surface area contributed by atoms with Crippen molar-refractivity contribution in [1.82, 2.24) is 4.90 Å². The molecule has 2 aromatic rings. The van der Waals surface area contributed by atoms with Gasteiger partial charge in [0.1, 0.15) is 18.0 Å². The van der Waals surface area contributed by atoms with Crippen molar-refractivity contribution < 1.29 is 24.2 Å². The number of imide groups is 1. The summed E-state index contributed by atoms with van der Waals surface area (Å²) in [7, 11) is 1.48. The van der Waals surface area contributed by atoms with Gasteiger partial charge in [-0.05, 0) is 98.9 Å². The first-order chi connectivity index (χ1) is 14.2. The van der Waals surface area contributed by atoms with Crippen LogP contribution in [0.15, 0.2) is 35.2 Å². The number of rotatable bonds is 5. The Bertz CT molecular complexity index is 1070. The molecule has 1 heterocycles. The van der Waals surface area contributed by atoms with Gasteiger partial charge in [0, 0.05) is 5.69 Å². The van der Waals surface area contributed by atoms with Crippen molar-refractivity contribution in [2.75, 3.05) is 19.0 Å². The zero-order valence-electron chi connectivity index (χ0n) is 15.2. The Hall–Kier alpha value is -1.51. The Labute approximate surface area is 208 Å². The highest BCUT2D eigenvalue weighted by molar-refractivity contribution is 14.1. The molecule has 0 atom stereocenters. The van der Waals surface area contributed by atoms with E-state index in [1.807, 2.05) is 45.2 Å². The van der Waals surface area contributed by atoms with Crippen LogP contribution in [-0.2, 0) is 9.59 Å². The number of nitrogens with zero attached hydrogens (tertiary/aromatic N) is 1. The third kappa shape index (κ3) is 5.21. The second-order valence-corrected chi connectivity index (χ2v) is 9.72. The Morgan fingerprint density at radius 2 is 1.93 bits per heavy atom. The van der Waals surface area contributed by atoms with Gasteiger partial charge in [-0.1, -0.05) is 11.6 Å². The monoisotopic (exact) mass is 670 g/mol. The molecule has 2 N–H and O–H groups in total. The summed E-state index contributed by atoms with van der Waals surface area (Å²) < 4.78 is 6.31. The van der Waals surface area contributed by atoms with Crippen molar-refractivity contribution in [1.29, 1.82) is 0 Å². The molecule has 1 aliphatic heterocycles. The predicted molar refractivity (Wildman–Crippen MR) is 133 cm³/mol. The average molecular weight is 671 g/mol. The molecule has 2 aromatic carbocycles. The van der Waals surface area contributed by atoms with Gasteiger partial charge in [-0.2, -0.15) is 0 Å². The summed E-state index contributed by atoms with van der Waals surface area (Å²) in [6.07, 6.45) is 1.57. The summed E-state index contributed by atoms with van der Waals surface area (Å²) in [6.45, 7) is -0.420. The fourth-order valence-electron chi connectivity index (χ4n) is 2.54. The van der Waals surface area contributed by atoms with Crippen LogP contribution in [0.4, 0.5) is 10.5 Å². The number of amides is 3. The average Bonchev–Trinajstić information content (AvgIpc) is 2.93. The smallest absolute Gasteiger partial charge is 0.294 e. The van der Waals surface area contributed by atoms with Gasteiger partial charge in [-0.3, -0.25) is 19.3 Å². The minimum absolute atomic E-state index is 0.164. The maximum atomic E-state index is 12.6. The second kappa shape index (κ2) is 9.75. The molecule has 156 valence electrons. The highest BCUT2D eigenvalue weighted by Gasteiger charge is 2.36. The van der Waals surface area contributed by atoms with Gasteiger partial charge in [0.15, 0.2) is 0 Å². The largest absolute Gasteiger partial charge is 0.506 e. The number of ether oxygens (including phenoxy) is 1. The van der Waals surface area contributed by atoms with Gasteiger partial charge >= 0.3 is 0 Å². The maximum Gasteiger partial charge on any atom is 0.294 e. The zero-order valence-corrected chi connectivity index (χ0v) is 21.1. The fraction of sp³-hybridized carbons (Fsp3) is 0.105. The number of benzene rings is 2. The highest BCUT2D eigenvalue weighted by Crippen LogP contribution is 2.34. The van der Waals surface area contributed by atoms with Gasteiger partial charge < -0.3 is 15.2 Å². The lowest BCUT2D eigenvalue weighted by Gasteiger charge is -2.13. The summed E-state index contributed by atoms with van der Waals surface area (Å²) in [5.41, 5.74) is 1.09. The molecular formula is C19H13ClI2N2O5S. The van der Waals surface area contributed by atoms with E-state index in [-0.39, 0.29) is 10.7 Å². The molecule has 0 saturated carbocycles. The van der Waals surface area contributed by atoms with Gasteiger partial charge in [-0.15, -0.1) is 0 Å². The van der Waals surface area contributed by atoms with E-state index in [2.05, 4.69) is 5.32 Å². The minimum atomic E-state index is -0.550. The van der Waals surface area contributed by atoms with Gasteiger partial charge in [-0.25, -0.2) is 0 Å². The quantitative estimate of drug-likeness (QED) is 0.346. The maximum absolute atomic E-state index is 12.6. The number of anilines is 1. The highest BCUT2D eigenvalue weighted by atomic mass is 127. The van der Waals surface area contributed by atoms with Crippen molar-refractivity contribution in [2.45, 2.75) is 0 Å². The van der Waals surface area contributed by atoms with Crippen molar-refractivity contribution in [2.24, 2.45) is 0 Å². The van der Waals surface area contributed by atoms with Gasteiger partial charge in [0.2, 0.25) is 5.91 Å². The molecule has 30 heavy (non-hydrogen) atoms. The summed E-state index contributed by atoms with van der Waals surface area (Å²) in [4.78, 5) is 38.3. The van der Waals surface area contributed by atoms with E-state index in [4.69, 9.17) is 16.3 Å². The second-order valence-electron chi connectivity index (χ2n) is 6.00. The molecule has 11 heteroatoms. The van der Waals surface area contributed by atoms with Crippen LogP contribution in [-0.4, -0.2) is 40.7 Å². The topological polar surface area (TPSA) is 95.9 Å². The van der Waals surface area contributed by atoms with E-state index in [1.165, 1.54) is 13.2 Å². The SMILES string of the molecule is COc1ccc(NC(=O)CN2C(=O)S/C(=C/c3cc(I)c(O)c(I)c3)C2=O)cc1Cl. The molecule has 7 nitrogen and oxygen atoms in total. The summed E-state index contributed by atoms with van der Waals surface area (Å²) in [5, 5.41) is 12.3. The fourth-order valence-corrected chi connectivity index (χ4v) is 5.46.